The number of hydrogen-bond acceptors (Lipinski definition) is 7. The van der Waals surface area contributed by atoms with Crippen molar-refractivity contribution in [3.05, 3.63) is 53.0 Å². The number of benzene rings is 1. The largest absolute Gasteiger partial charge is 0.480 e. The van der Waals surface area contributed by atoms with Crippen molar-refractivity contribution in [1.82, 2.24) is 15.1 Å². The van der Waals surface area contributed by atoms with Gasteiger partial charge in [0.2, 0.25) is 0 Å². The molecule has 186 valence electrons. The van der Waals surface area contributed by atoms with Crippen molar-refractivity contribution < 1.29 is 23.1 Å². The monoisotopic (exact) mass is 519 g/mol. The summed E-state index contributed by atoms with van der Waals surface area (Å²) in [4.78, 5) is 28.2. The fourth-order valence-electron chi connectivity index (χ4n) is 3.17. The van der Waals surface area contributed by atoms with E-state index in [0.717, 1.165) is 16.9 Å². The number of nitrogens with one attached hydrogen (secondary N) is 2. The number of aliphatic carboxylic acids is 1. The van der Waals surface area contributed by atoms with Gasteiger partial charge in [0.05, 0.1) is 16.8 Å². The van der Waals surface area contributed by atoms with E-state index in [4.69, 9.17) is 11.5 Å². The van der Waals surface area contributed by atoms with Crippen LogP contribution >= 0.6 is 11.3 Å². The molecule has 3 rings (SSSR count). The minimum absolute atomic E-state index is 0.000412. The van der Waals surface area contributed by atoms with E-state index >= 15 is 0 Å². The molecule has 1 atom stereocenters. The van der Waals surface area contributed by atoms with Gasteiger partial charge in [0.15, 0.2) is 5.96 Å². The zero-order chi connectivity index (χ0) is 25.6. The predicted molar refractivity (Wildman–Crippen MR) is 133 cm³/mol. The van der Waals surface area contributed by atoms with Crippen LogP contribution in [0.15, 0.2) is 58.0 Å². The lowest BCUT2D eigenvalue weighted by Crippen LogP contribution is -2.40. The van der Waals surface area contributed by atoms with Gasteiger partial charge >= 0.3 is 5.97 Å². The third-order valence-corrected chi connectivity index (χ3v) is 7.12. The van der Waals surface area contributed by atoms with Crippen molar-refractivity contribution in [3.63, 3.8) is 0 Å². The molecule has 2 aromatic heterocycles. The molecule has 2 heterocycles. The summed E-state index contributed by atoms with van der Waals surface area (Å²) in [6.07, 6.45) is 3.80. The summed E-state index contributed by atoms with van der Waals surface area (Å²) in [6, 6.07) is 6.56. The maximum atomic E-state index is 13.0. The second-order valence-electron chi connectivity index (χ2n) is 7.51. The number of carbonyl (C=O) groups is 2. The third-order valence-electron chi connectivity index (χ3n) is 4.85. The number of carbonyl (C=O) groups excluding carboxylic acids is 1. The molecule has 0 bridgehead atoms. The zero-order valence-corrected chi connectivity index (χ0v) is 20.3. The number of thiophene rings is 1. The van der Waals surface area contributed by atoms with Crippen LogP contribution in [-0.4, -0.2) is 53.7 Å². The molecule has 0 aliphatic carbocycles. The van der Waals surface area contributed by atoms with Gasteiger partial charge in [-0.2, -0.15) is 5.10 Å². The summed E-state index contributed by atoms with van der Waals surface area (Å²) < 4.78 is 30.1. The van der Waals surface area contributed by atoms with Gasteiger partial charge in [-0.3, -0.25) is 19.2 Å². The average Bonchev–Trinajstić information content (AvgIpc) is 3.44. The molecule has 1 aromatic carbocycles. The molecular formula is C21H25N7O5S2. The van der Waals surface area contributed by atoms with Crippen LogP contribution in [-0.2, 0) is 21.9 Å². The van der Waals surface area contributed by atoms with E-state index in [1.165, 1.54) is 23.6 Å². The molecule has 0 spiro atoms. The Morgan fingerprint density at radius 3 is 2.69 bits per heavy atom. The smallest absolute Gasteiger partial charge is 0.326 e. The Morgan fingerprint density at radius 2 is 2.03 bits per heavy atom. The number of aromatic nitrogens is 2. The number of nitrogens with two attached hydrogens (primary N) is 2. The van der Waals surface area contributed by atoms with E-state index in [9.17, 15) is 23.1 Å². The fourth-order valence-corrected chi connectivity index (χ4v) is 5.10. The van der Waals surface area contributed by atoms with Crippen LogP contribution in [0.1, 0.15) is 22.5 Å². The lowest BCUT2D eigenvalue weighted by molar-refractivity contribution is -0.139. The SMILES string of the molecule is Cn1cc(-c2cccc(S(=O)(=O)Nc3ccsc3C(=O)N[C@@H](CCCN=C(N)N)C(=O)O)c2)cn1. The van der Waals surface area contributed by atoms with E-state index in [0.29, 0.717) is 12.0 Å². The van der Waals surface area contributed by atoms with Crippen LogP contribution < -0.4 is 21.5 Å². The number of nitrogens with zero attached hydrogens (tertiary/aromatic N) is 3. The first-order valence-corrected chi connectivity index (χ1v) is 12.7. The Labute approximate surface area is 205 Å². The van der Waals surface area contributed by atoms with Crippen molar-refractivity contribution in [2.75, 3.05) is 11.3 Å². The van der Waals surface area contributed by atoms with Crippen LogP contribution in [0.3, 0.4) is 0 Å². The van der Waals surface area contributed by atoms with Crippen LogP contribution in [0.4, 0.5) is 5.69 Å². The van der Waals surface area contributed by atoms with Crippen LogP contribution in [0.2, 0.25) is 0 Å². The summed E-state index contributed by atoms with van der Waals surface area (Å²) >= 11 is 0.984. The molecule has 7 N–H and O–H groups in total. The van der Waals surface area contributed by atoms with Gasteiger partial charge < -0.3 is 21.9 Å². The summed E-state index contributed by atoms with van der Waals surface area (Å²) in [5, 5.41) is 17.5. The number of carboxylic acids is 1. The van der Waals surface area contributed by atoms with Crippen molar-refractivity contribution in [3.8, 4) is 11.1 Å². The molecular weight excluding hydrogens is 494 g/mol. The van der Waals surface area contributed by atoms with E-state index in [-0.39, 0.29) is 34.4 Å². The summed E-state index contributed by atoms with van der Waals surface area (Å²) in [7, 11) is -2.28. The van der Waals surface area contributed by atoms with Gasteiger partial charge in [0.1, 0.15) is 10.9 Å². The molecule has 0 unspecified atom stereocenters. The normalized spacial score (nSPS) is 12.0. The predicted octanol–water partition coefficient (Wildman–Crippen LogP) is 1.19. The number of anilines is 1. The summed E-state index contributed by atoms with van der Waals surface area (Å²) in [6.45, 7) is 0.212. The Balaban J connectivity index is 1.74. The van der Waals surface area contributed by atoms with Crippen LogP contribution in [0, 0.1) is 0 Å². The molecule has 35 heavy (non-hydrogen) atoms. The van der Waals surface area contributed by atoms with Crippen molar-refractivity contribution >= 4 is 44.9 Å². The van der Waals surface area contributed by atoms with Gasteiger partial charge in [-0.15, -0.1) is 11.3 Å². The van der Waals surface area contributed by atoms with Gasteiger partial charge in [-0.1, -0.05) is 12.1 Å². The number of hydrogen-bond donors (Lipinski definition) is 5. The van der Waals surface area contributed by atoms with Gasteiger partial charge in [-0.25, -0.2) is 13.2 Å². The number of guanidine groups is 1. The topological polar surface area (TPSA) is 195 Å². The molecule has 0 saturated heterocycles. The van der Waals surface area contributed by atoms with Gasteiger partial charge in [-0.05, 0) is 42.0 Å². The van der Waals surface area contributed by atoms with E-state index in [1.807, 2.05) is 0 Å². The number of sulfonamides is 1. The quantitative estimate of drug-likeness (QED) is 0.141. The number of amides is 1. The summed E-state index contributed by atoms with van der Waals surface area (Å²) in [5.41, 5.74) is 11.9. The van der Waals surface area contributed by atoms with Crippen molar-refractivity contribution in [1.29, 1.82) is 0 Å². The van der Waals surface area contributed by atoms with Crippen molar-refractivity contribution in [2.24, 2.45) is 23.5 Å². The first-order chi connectivity index (χ1) is 16.6. The van der Waals surface area contributed by atoms with Gasteiger partial charge in [0, 0.05) is 25.4 Å². The lowest BCUT2D eigenvalue weighted by Gasteiger charge is -2.15. The molecule has 0 aliphatic rings. The first-order valence-electron chi connectivity index (χ1n) is 10.4. The maximum absolute atomic E-state index is 13.0. The highest BCUT2D eigenvalue weighted by molar-refractivity contribution is 7.92. The van der Waals surface area contributed by atoms with E-state index in [1.54, 1.807) is 36.3 Å². The molecule has 14 heteroatoms. The van der Waals surface area contributed by atoms with E-state index < -0.39 is 27.9 Å². The highest BCUT2D eigenvalue weighted by Crippen LogP contribution is 2.27. The minimum Gasteiger partial charge on any atom is -0.480 e. The molecule has 3 aromatic rings. The van der Waals surface area contributed by atoms with Crippen molar-refractivity contribution in [2.45, 2.75) is 23.8 Å². The molecule has 12 nitrogen and oxygen atoms in total. The number of carboxylic acid groups (broad SMARTS) is 1. The highest BCUT2D eigenvalue weighted by Gasteiger charge is 2.25. The summed E-state index contributed by atoms with van der Waals surface area (Å²) in [5.74, 6) is -2.05. The molecule has 0 fully saturated rings. The number of aliphatic imine (C=N–C) groups is 1. The maximum Gasteiger partial charge on any atom is 0.326 e. The standard InChI is InChI=1S/C21H25N7O5S2/c1-28-12-14(11-25-28)13-4-2-5-15(10-13)35(32,33)27-16-7-9-34-18(16)19(29)26-17(20(30)31)6-3-8-24-21(22)23/h2,4-5,7,9-12,17,27H,3,6,8H2,1H3,(H,26,29)(H,30,31)(H4,22,23,24)/t17-/m0/s1. The zero-order valence-electron chi connectivity index (χ0n) is 18.7. The minimum atomic E-state index is -4.04. The Morgan fingerprint density at radius 1 is 1.26 bits per heavy atom. The van der Waals surface area contributed by atoms with E-state index in [2.05, 4.69) is 20.1 Å². The Hall–Kier alpha value is -3.91. The average molecular weight is 520 g/mol. The first kappa shape index (κ1) is 25.7. The Bertz CT molecular complexity index is 1340. The second kappa shape index (κ2) is 11.0. The number of rotatable bonds is 11. The number of aryl methyl sites for hydroxylation is 1. The Kier molecular flexibility index (Phi) is 8.09. The van der Waals surface area contributed by atoms with Gasteiger partial charge in [0.25, 0.3) is 15.9 Å². The highest BCUT2D eigenvalue weighted by atomic mass is 32.2. The fraction of sp³-hybridized carbons (Fsp3) is 0.238. The lowest BCUT2D eigenvalue weighted by atomic mass is 10.1. The van der Waals surface area contributed by atoms with Crippen LogP contribution in [0.5, 0.6) is 0 Å². The second-order valence-corrected chi connectivity index (χ2v) is 10.1. The third kappa shape index (κ3) is 6.80. The molecule has 0 aliphatic heterocycles. The van der Waals surface area contributed by atoms with Crippen LogP contribution in [0.25, 0.3) is 11.1 Å². The molecule has 1 amide bonds. The molecule has 0 radical (unpaired) electrons. The molecule has 0 saturated carbocycles.